The highest BCUT2D eigenvalue weighted by molar-refractivity contribution is 7.13. The maximum absolute atomic E-state index is 13.9. The lowest BCUT2D eigenvalue weighted by molar-refractivity contribution is 0.0780. The Balaban J connectivity index is 1.51. The lowest BCUT2D eigenvalue weighted by Gasteiger charge is -2.15. The molecule has 0 bridgehead atoms. The molecule has 0 saturated carbocycles. The van der Waals surface area contributed by atoms with Gasteiger partial charge in [0, 0.05) is 19.0 Å². The van der Waals surface area contributed by atoms with Crippen LogP contribution in [0.25, 0.3) is 10.6 Å². The van der Waals surface area contributed by atoms with Gasteiger partial charge in [-0.05, 0) is 29.8 Å². The number of ether oxygens (including phenoxy) is 1. The fourth-order valence-corrected chi connectivity index (χ4v) is 4.03. The molecule has 0 saturated heterocycles. The Kier molecular flexibility index (Phi) is 6.56. The molecule has 1 heterocycles. The first-order valence-corrected chi connectivity index (χ1v) is 10.8. The molecule has 0 aliphatic rings. The van der Waals surface area contributed by atoms with Gasteiger partial charge in [-0.25, -0.2) is 13.8 Å². The second-order valence-corrected chi connectivity index (χ2v) is 8.03. The molecule has 3 aromatic carbocycles. The predicted molar refractivity (Wildman–Crippen MR) is 120 cm³/mol. The number of hydrogen-bond acceptors (Lipinski definition) is 4. The second kappa shape index (κ2) is 9.70. The molecule has 32 heavy (non-hydrogen) atoms. The summed E-state index contributed by atoms with van der Waals surface area (Å²) < 4.78 is 33.6. The van der Waals surface area contributed by atoms with Gasteiger partial charge in [-0.1, -0.05) is 48.5 Å². The Morgan fingerprint density at radius 2 is 1.66 bits per heavy atom. The molecule has 0 unspecified atom stereocenters. The van der Waals surface area contributed by atoms with E-state index in [4.69, 9.17) is 4.74 Å². The maximum atomic E-state index is 13.9. The van der Waals surface area contributed by atoms with Gasteiger partial charge in [-0.2, -0.15) is 0 Å². The van der Waals surface area contributed by atoms with Crippen molar-refractivity contribution in [3.05, 3.63) is 107 Å². The third-order valence-corrected chi connectivity index (χ3v) is 5.76. The fraction of sp³-hybridized carbons (Fsp3) is 0.120. The van der Waals surface area contributed by atoms with Gasteiger partial charge >= 0.3 is 0 Å². The number of para-hydroxylation sites is 1. The minimum atomic E-state index is -0.661. The van der Waals surface area contributed by atoms with Crippen LogP contribution in [0, 0.1) is 11.6 Å². The molecule has 0 atom stereocenters. The van der Waals surface area contributed by atoms with Crippen LogP contribution in [0.3, 0.4) is 0 Å². The quantitative estimate of drug-likeness (QED) is 0.350. The predicted octanol–water partition coefficient (Wildman–Crippen LogP) is 5.94. The summed E-state index contributed by atoms with van der Waals surface area (Å²) in [6.07, 6.45) is 0. The van der Waals surface area contributed by atoms with Crippen LogP contribution in [0.4, 0.5) is 8.78 Å². The molecule has 0 radical (unpaired) electrons. The normalized spacial score (nSPS) is 10.7. The minimum Gasteiger partial charge on any atom is -0.488 e. The lowest BCUT2D eigenvalue weighted by Crippen LogP contribution is -2.26. The van der Waals surface area contributed by atoms with Gasteiger partial charge in [0.05, 0.1) is 11.1 Å². The van der Waals surface area contributed by atoms with Gasteiger partial charge in [0.25, 0.3) is 5.91 Å². The Labute approximate surface area is 188 Å². The van der Waals surface area contributed by atoms with Crippen LogP contribution in [-0.4, -0.2) is 22.8 Å². The van der Waals surface area contributed by atoms with Crippen LogP contribution < -0.4 is 4.74 Å². The Bertz CT molecular complexity index is 1210. The van der Waals surface area contributed by atoms with Crippen molar-refractivity contribution in [3.63, 3.8) is 0 Å². The number of halogens is 2. The molecule has 1 aromatic heterocycles. The third-order valence-electron chi connectivity index (χ3n) is 4.88. The van der Waals surface area contributed by atoms with Crippen LogP contribution >= 0.6 is 11.3 Å². The zero-order valence-electron chi connectivity index (χ0n) is 17.3. The summed E-state index contributed by atoms with van der Waals surface area (Å²) >= 11 is 1.31. The van der Waals surface area contributed by atoms with E-state index in [1.807, 2.05) is 36.4 Å². The number of carbonyl (C=O) groups excluding carboxylic acids is 1. The van der Waals surface area contributed by atoms with Crippen molar-refractivity contribution in [2.75, 3.05) is 7.05 Å². The third kappa shape index (κ3) is 4.84. The minimum absolute atomic E-state index is 0.139. The Morgan fingerprint density at radius 1 is 0.969 bits per heavy atom. The van der Waals surface area contributed by atoms with E-state index < -0.39 is 11.6 Å². The average Bonchev–Trinajstić information content (AvgIpc) is 3.29. The number of thiazole rings is 1. The summed E-state index contributed by atoms with van der Waals surface area (Å²) in [7, 11) is 1.73. The average molecular weight is 451 g/mol. The molecule has 1 amide bonds. The molecular formula is C25H20F2N2O2S. The highest BCUT2D eigenvalue weighted by Gasteiger charge is 2.18. The number of rotatable bonds is 7. The van der Waals surface area contributed by atoms with E-state index in [1.54, 1.807) is 35.5 Å². The smallest absolute Gasteiger partial charge is 0.273 e. The van der Waals surface area contributed by atoms with Crippen LogP contribution in [-0.2, 0) is 13.2 Å². The molecule has 0 aliphatic carbocycles. The van der Waals surface area contributed by atoms with E-state index >= 15 is 0 Å². The molecule has 0 fully saturated rings. The van der Waals surface area contributed by atoms with E-state index in [1.165, 1.54) is 29.5 Å². The van der Waals surface area contributed by atoms with Gasteiger partial charge in [-0.3, -0.25) is 4.79 Å². The Hall–Kier alpha value is -3.58. The van der Waals surface area contributed by atoms with Gasteiger partial charge in [0.15, 0.2) is 0 Å². The molecule has 162 valence electrons. The number of amides is 1. The molecule has 0 spiro atoms. The summed E-state index contributed by atoms with van der Waals surface area (Å²) in [5.74, 6) is -1.08. The zero-order chi connectivity index (χ0) is 22.5. The lowest BCUT2D eigenvalue weighted by atomic mass is 10.2. The molecule has 0 aliphatic heterocycles. The summed E-state index contributed by atoms with van der Waals surface area (Å²) in [6, 6.07) is 20.5. The van der Waals surface area contributed by atoms with Crippen LogP contribution in [0.1, 0.15) is 21.6 Å². The van der Waals surface area contributed by atoms with E-state index in [0.29, 0.717) is 28.6 Å². The largest absolute Gasteiger partial charge is 0.488 e. The first-order valence-electron chi connectivity index (χ1n) is 9.93. The number of nitrogens with zero attached hydrogens (tertiary/aromatic N) is 2. The van der Waals surface area contributed by atoms with Crippen LogP contribution in [0.15, 0.2) is 78.2 Å². The van der Waals surface area contributed by atoms with Crippen molar-refractivity contribution in [3.8, 4) is 16.3 Å². The molecule has 4 aromatic rings. The van der Waals surface area contributed by atoms with Gasteiger partial charge in [-0.15, -0.1) is 11.3 Å². The van der Waals surface area contributed by atoms with Crippen molar-refractivity contribution < 1.29 is 18.3 Å². The van der Waals surface area contributed by atoms with E-state index in [2.05, 4.69) is 4.98 Å². The first-order chi connectivity index (χ1) is 15.5. The molecule has 7 heteroatoms. The number of benzene rings is 3. The number of hydrogen-bond donors (Lipinski definition) is 0. The fourth-order valence-electron chi connectivity index (χ4n) is 3.21. The molecular weight excluding hydrogens is 430 g/mol. The van der Waals surface area contributed by atoms with Crippen molar-refractivity contribution in [1.29, 1.82) is 0 Å². The van der Waals surface area contributed by atoms with Crippen LogP contribution in [0.5, 0.6) is 5.75 Å². The van der Waals surface area contributed by atoms with E-state index in [0.717, 1.165) is 5.56 Å². The standard InChI is InChI=1S/C25H20F2N2O2S/c1-29(14-17-8-3-2-4-9-17)25(30)22-16-32-24(28-22)18-10-5-6-13-23(18)31-15-19-20(26)11-7-12-21(19)27/h2-13,16H,14-15H2,1H3. The molecule has 0 N–H and O–H groups in total. The summed E-state index contributed by atoms with van der Waals surface area (Å²) in [6.45, 7) is 0.215. The molecule has 4 rings (SSSR count). The van der Waals surface area contributed by atoms with Crippen molar-refractivity contribution >= 4 is 17.2 Å². The van der Waals surface area contributed by atoms with Crippen molar-refractivity contribution in [1.82, 2.24) is 9.88 Å². The summed E-state index contributed by atoms with van der Waals surface area (Å²) in [4.78, 5) is 18.9. The maximum Gasteiger partial charge on any atom is 0.273 e. The van der Waals surface area contributed by atoms with Gasteiger partial charge < -0.3 is 9.64 Å². The van der Waals surface area contributed by atoms with E-state index in [9.17, 15) is 13.6 Å². The monoisotopic (exact) mass is 450 g/mol. The zero-order valence-corrected chi connectivity index (χ0v) is 18.1. The number of carbonyl (C=O) groups is 1. The summed E-state index contributed by atoms with van der Waals surface area (Å²) in [5.41, 5.74) is 1.87. The topological polar surface area (TPSA) is 42.4 Å². The summed E-state index contributed by atoms with van der Waals surface area (Å²) in [5, 5.41) is 2.29. The SMILES string of the molecule is CN(Cc1ccccc1)C(=O)c1csc(-c2ccccc2OCc2c(F)cccc2F)n1. The highest BCUT2D eigenvalue weighted by atomic mass is 32.1. The van der Waals surface area contributed by atoms with Crippen LogP contribution in [0.2, 0.25) is 0 Å². The first kappa shape index (κ1) is 21.6. The van der Waals surface area contributed by atoms with Gasteiger partial charge in [0.1, 0.15) is 34.7 Å². The second-order valence-electron chi connectivity index (χ2n) is 7.17. The van der Waals surface area contributed by atoms with Crippen molar-refractivity contribution in [2.45, 2.75) is 13.2 Å². The molecule has 4 nitrogen and oxygen atoms in total. The van der Waals surface area contributed by atoms with E-state index in [-0.39, 0.29) is 18.1 Å². The Morgan fingerprint density at radius 3 is 2.41 bits per heavy atom. The van der Waals surface area contributed by atoms with Gasteiger partial charge in [0.2, 0.25) is 0 Å². The highest BCUT2D eigenvalue weighted by Crippen LogP contribution is 2.33. The number of aromatic nitrogens is 1. The van der Waals surface area contributed by atoms with Crippen molar-refractivity contribution in [2.24, 2.45) is 0 Å².